The van der Waals surface area contributed by atoms with Crippen molar-refractivity contribution in [2.75, 3.05) is 7.11 Å². The molecule has 3 aromatic rings. The number of hydrogen-bond acceptors (Lipinski definition) is 8. The van der Waals surface area contributed by atoms with Crippen LogP contribution >= 0.6 is 0 Å². The number of carbonyl (C=O) groups is 1. The van der Waals surface area contributed by atoms with E-state index in [0.717, 1.165) is 0 Å². The standard InChI is InChI=1S/C8H6N8O2/c1-18-8(17)7-9-4-15(12-7)6-3-2-5-10-13-14-16(5)11-6/h2-4H,1H3. The molecule has 0 saturated heterocycles. The second kappa shape index (κ2) is 3.84. The second-order valence-corrected chi connectivity index (χ2v) is 3.22. The molecular formula is C8H6N8O2. The van der Waals surface area contributed by atoms with Crippen molar-refractivity contribution < 1.29 is 9.53 Å². The normalized spacial score (nSPS) is 10.7. The van der Waals surface area contributed by atoms with Crippen molar-refractivity contribution in [1.82, 2.24) is 40.0 Å². The van der Waals surface area contributed by atoms with Gasteiger partial charge in [-0.2, -0.15) is 4.68 Å². The number of tetrazole rings is 1. The molecule has 0 unspecified atom stereocenters. The molecule has 10 nitrogen and oxygen atoms in total. The topological polar surface area (TPSA) is 113 Å². The predicted molar refractivity (Wildman–Crippen MR) is 54.8 cm³/mol. The Morgan fingerprint density at radius 3 is 3.06 bits per heavy atom. The monoisotopic (exact) mass is 246 g/mol. The van der Waals surface area contributed by atoms with Crippen LogP contribution in [0.4, 0.5) is 0 Å². The molecule has 3 aromatic heterocycles. The highest BCUT2D eigenvalue weighted by Crippen LogP contribution is 2.03. The third-order valence-corrected chi connectivity index (χ3v) is 2.15. The second-order valence-electron chi connectivity index (χ2n) is 3.22. The van der Waals surface area contributed by atoms with Gasteiger partial charge < -0.3 is 4.74 Å². The van der Waals surface area contributed by atoms with E-state index in [1.165, 1.54) is 22.7 Å². The molecule has 0 bridgehead atoms. The van der Waals surface area contributed by atoms with Gasteiger partial charge in [0.25, 0.3) is 5.82 Å². The third kappa shape index (κ3) is 1.55. The number of methoxy groups -OCH3 is 1. The van der Waals surface area contributed by atoms with Crippen LogP contribution in [0.1, 0.15) is 10.6 Å². The highest BCUT2D eigenvalue weighted by molar-refractivity contribution is 5.84. The average molecular weight is 246 g/mol. The van der Waals surface area contributed by atoms with Crippen molar-refractivity contribution in [2.45, 2.75) is 0 Å². The van der Waals surface area contributed by atoms with E-state index in [1.54, 1.807) is 12.1 Å². The van der Waals surface area contributed by atoms with E-state index in [9.17, 15) is 4.79 Å². The molecule has 0 atom stereocenters. The highest BCUT2D eigenvalue weighted by atomic mass is 16.5. The smallest absolute Gasteiger partial charge is 0.377 e. The molecule has 10 heteroatoms. The van der Waals surface area contributed by atoms with Crippen LogP contribution in [0.3, 0.4) is 0 Å². The van der Waals surface area contributed by atoms with Crippen LogP contribution in [0.2, 0.25) is 0 Å². The molecule has 0 aliphatic carbocycles. The summed E-state index contributed by atoms with van der Waals surface area (Å²) in [4.78, 5) is 15.0. The van der Waals surface area contributed by atoms with E-state index in [4.69, 9.17) is 0 Å². The molecule has 3 heterocycles. The van der Waals surface area contributed by atoms with Crippen LogP contribution in [0.15, 0.2) is 18.5 Å². The molecule has 0 aliphatic rings. The molecule has 0 amide bonds. The molecule has 0 radical (unpaired) electrons. The van der Waals surface area contributed by atoms with Gasteiger partial charge in [-0.15, -0.1) is 19.9 Å². The van der Waals surface area contributed by atoms with Gasteiger partial charge in [-0.3, -0.25) is 0 Å². The van der Waals surface area contributed by atoms with E-state index < -0.39 is 5.97 Å². The first-order chi connectivity index (χ1) is 8.78. The minimum Gasteiger partial charge on any atom is -0.463 e. The van der Waals surface area contributed by atoms with Crippen molar-refractivity contribution in [2.24, 2.45) is 0 Å². The maximum Gasteiger partial charge on any atom is 0.377 e. The zero-order valence-corrected chi connectivity index (χ0v) is 9.13. The van der Waals surface area contributed by atoms with Crippen LogP contribution in [0.25, 0.3) is 11.5 Å². The molecule has 0 spiro atoms. The molecule has 0 saturated carbocycles. The van der Waals surface area contributed by atoms with Gasteiger partial charge in [0.1, 0.15) is 6.33 Å². The van der Waals surface area contributed by atoms with Gasteiger partial charge in [-0.25, -0.2) is 9.78 Å². The minimum absolute atomic E-state index is 0.0453. The lowest BCUT2D eigenvalue weighted by atomic mass is 10.5. The third-order valence-electron chi connectivity index (χ3n) is 2.15. The summed E-state index contributed by atoms with van der Waals surface area (Å²) in [6.45, 7) is 0. The Bertz CT molecular complexity index is 717. The number of ether oxygens (including phenoxy) is 1. The SMILES string of the molecule is COC(=O)c1ncn(-c2ccc3nnnn3n2)n1. The van der Waals surface area contributed by atoms with Crippen LogP contribution < -0.4 is 0 Å². The largest absolute Gasteiger partial charge is 0.463 e. The fourth-order valence-corrected chi connectivity index (χ4v) is 1.32. The number of esters is 1. The van der Waals surface area contributed by atoms with Crippen LogP contribution in [-0.2, 0) is 4.74 Å². The number of fused-ring (bicyclic) bond motifs is 1. The van der Waals surface area contributed by atoms with Crippen molar-refractivity contribution >= 4 is 11.6 Å². The maximum absolute atomic E-state index is 11.2. The Balaban J connectivity index is 2.03. The fraction of sp³-hybridized carbons (Fsp3) is 0.125. The summed E-state index contributed by atoms with van der Waals surface area (Å²) in [6, 6.07) is 3.32. The Morgan fingerprint density at radius 2 is 2.22 bits per heavy atom. The predicted octanol–water partition coefficient (Wildman–Crippen LogP) is -1.11. The number of hydrogen-bond donors (Lipinski definition) is 0. The van der Waals surface area contributed by atoms with E-state index in [2.05, 4.69) is 35.4 Å². The lowest BCUT2D eigenvalue weighted by molar-refractivity contribution is 0.0587. The maximum atomic E-state index is 11.2. The zero-order valence-electron chi connectivity index (χ0n) is 9.13. The number of carbonyl (C=O) groups excluding carboxylic acids is 1. The Kier molecular flexibility index (Phi) is 2.19. The highest BCUT2D eigenvalue weighted by Gasteiger charge is 2.12. The quantitative estimate of drug-likeness (QED) is 0.523. The number of nitrogens with zero attached hydrogens (tertiary/aromatic N) is 8. The molecule has 0 N–H and O–H groups in total. The van der Waals surface area contributed by atoms with Crippen LogP contribution in [0.5, 0.6) is 0 Å². The van der Waals surface area contributed by atoms with Gasteiger partial charge in [0, 0.05) is 0 Å². The average Bonchev–Trinajstić information content (AvgIpc) is 3.05. The molecule has 90 valence electrons. The first kappa shape index (κ1) is 10.3. The van der Waals surface area contributed by atoms with E-state index in [-0.39, 0.29) is 5.82 Å². The van der Waals surface area contributed by atoms with E-state index in [0.29, 0.717) is 11.5 Å². The minimum atomic E-state index is -0.614. The molecule has 18 heavy (non-hydrogen) atoms. The molecule has 0 aliphatic heterocycles. The summed E-state index contributed by atoms with van der Waals surface area (Å²) in [5.74, 6) is -0.231. The number of rotatable bonds is 2. The summed E-state index contributed by atoms with van der Waals surface area (Å²) < 4.78 is 7.08. The summed E-state index contributed by atoms with van der Waals surface area (Å²) in [5.41, 5.74) is 0.507. The molecule has 3 rings (SSSR count). The van der Waals surface area contributed by atoms with Crippen LogP contribution in [0, 0.1) is 0 Å². The summed E-state index contributed by atoms with van der Waals surface area (Å²) >= 11 is 0. The van der Waals surface area contributed by atoms with Crippen molar-refractivity contribution in [1.29, 1.82) is 0 Å². The van der Waals surface area contributed by atoms with E-state index >= 15 is 0 Å². The zero-order chi connectivity index (χ0) is 12.5. The summed E-state index contributed by atoms with van der Waals surface area (Å²) in [5, 5.41) is 18.9. The van der Waals surface area contributed by atoms with Gasteiger partial charge in [0.2, 0.25) is 0 Å². The Labute approximate surface area is 99.2 Å². The summed E-state index contributed by atoms with van der Waals surface area (Å²) in [6.07, 6.45) is 1.35. The summed E-state index contributed by atoms with van der Waals surface area (Å²) in [7, 11) is 1.26. The van der Waals surface area contributed by atoms with Crippen molar-refractivity contribution in [3.63, 3.8) is 0 Å². The molecule has 0 fully saturated rings. The first-order valence-electron chi connectivity index (χ1n) is 4.84. The van der Waals surface area contributed by atoms with Crippen molar-refractivity contribution in [3.05, 3.63) is 24.3 Å². The van der Waals surface area contributed by atoms with Gasteiger partial charge in [0.05, 0.1) is 7.11 Å². The number of aromatic nitrogens is 8. The van der Waals surface area contributed by atoms with Gasteiger partial charge in [-0.05, 0) is 22.6 Å². The van der Waals surface area contributed by atoms with Gasteiger partial charge in [-0.1, -0.05) is 0 Å². The van der Waals surface area contributed by atoms with Gasteiger partial charge in [0.15, 0.2) is 11.5 Å². The Hall–Kier alpha value is -2.91. The molecule has 0 aromatic carbocycles. The first-order valence-corrected chi connectivity index (χ1v) is 4.84. The van der Waals surface area contributed by atoms with Crippen LogP contribution in [-0.4, -0.2) is 53.1 Å². The Morgan fingerprint density at radius 1 is 1.33 bits per heavy atom. The van der Waals surface area contributed by atoms with Crippen molar-refractivity contribution in [3.8, 4) is 5.82 Å². The van der Waals surface area contributed by atoms with Gasteiger partial charge >= 0.3 is 5.97 Å². The molecular weight excluding hydrogens is 240 g/mol. The fourth-order valence-electron chi connectivity index (χ4n) is 1.32. The van der Waals surface area contributed by atoms with E-state index in [1.807, 2.05) is 0 Å². The lowest BCUT2D eigenvalue weighted by Crippen LogP contribution is -2.07. The lowest BCUT2D eigenvalue weighted by Gasteiger charge is -1.97.